The number of ether oxygens (including phenoxy) is 3. The number of nitrogens with zero attached hydrogens (tertiary/aromatic N) is 4. The number of hydrogen-bond donors (Lipinski definition) is 0. The molecule has 1 aromatic heterocycles. The Kier molecular flexibility index (Phi) is 6.50. The fourth-order valence-corrected chi connectivity index (χ4v) is 6.30. The van der Waals surface area contributed by atoms with E-state index in [1.165, 1.54) is 5.56 Å². The minimum Gasteiger partial charge on any atom is -0.497 e. The van der Waals surface area contributed by atoms with Crippen molar-refractivity contribution >= 4 is 11.6 Å². The molecule has 2 aromatic carbocycles. The lowest BCUT2D eigenvalue weighted by Gasteiger charge is -2.34. The normalized spacial score (nSPS) is 22.9. The van der Waals surface area contributed by atoms with Gasteiger partial charge >= 0.3 is 0 Å². The van der Waals surface area contributed by atoms with Crippen LogP contribution in [0.2, 0.25) is 5.02 Å². The number of benzene rings is 2. The fourth-order valence-electron chi connectivity index (χ4n) is 6.10. The van der Waals surface area contributed by atoms with Gasteiger partial charge in [-0.2, -0.15) is 0 Å². The van der Waals surface area contributed by atoms with Crippen molar-refractivity contribution in [3.8, 4) is 11.4 Å². The molecule has 2 aliphatic heterocycles. The molecule has 0 unspecified atom stereocenters. The second kappa shape index (κ2) is 9.78. The Hall–Kier alpha value is -2.45. The third-order valence-electron chi connectivity index (χ3n) is 8.01. The first-order chi connectivity index (χ1) is 17.5. The maximum Gasteiger partial charge on any atom is 0.179 e. The van der Waals surface area contributed by atoms with E-state index >= 15 is 0 Å². The summed E-state index contributed by atoms with van der Waals surface area (Å²) in [5, 5.41) is 10.1. The van der Waals surface area contributed by atoms with Crippen molar-refractivity contribution in [2.75, 3.05) is 27.4 Å². The first-order valence-electron chi connectivity index (χ1n) is 12.9. The molecule has 7 nitrogen and oxygen atoms in total. The predicted molar refractivity (Wildman–Crippen MR) is 138 cm³/mol. The Morgan fingerprint density at radius 1 is 1.03 bits per heavy atom. The van der Waals surface area contributed by atoms with Gasteiger partial charge in [0.2, 0.25) is 0 Å². The Morgan fingerprint density at radius 3 is 2.50 bits per heavy atom. The lowest BCUT2D eigenvalue weighted by molar-refractivity contribution is -0.155. The van der Waals surface area contributed by atoms with Crippen molar-refractivity contribution in [1.29, 1.82) is 0 Å². The van der Waals surface area contributed by atoms with Crippen LogP contribution < -0.4 is 4.74 Å². The van der Waals surface area contributed by atoms with Crippen molar-refractivity contribution in [3.05, 3.63) is 70.3 Å². The average Bonchev–Trinajstić information content (AvgIpc) is 3.49. The summed E-state index contributed by atoms with van der Waals surface area (Å²) in [7, 11) is 3.94. The zero-order valence-electron chi connectivity index (χ0n) is 21.0. The van der Waals surface area contributed by atoms with Crippen LogP contribution in [0, 0.1) is 0 Å². The van der Waals surface area contributed by atoms with Crippen LogP contribution in [-0.2, 0) is 28.9 Å². The highest BCUT2D eigenvalue weighted by Crippen LogP contribution is 2.40. The summed E-state index contributed by atoms with van der Waals surface area (Å²) in [5.41, 5.74) is 3.53. The van der Waals surface area contributed by atoms with E-state index in [9.17, 15) is 0 Å². The van der Waals surface area contributed by atoms with E-state index < -0.39 is 5.79 Å². The van der Waals surface area contributed by atoms with E-state index in [1.807, 2.05) is 24.3 Å². The maximum absolute atomic E-state index is 6.40. The minimum atomic E-state index is -0.681. The van der Waals surface area contributed by atoms with Gasteiger partial charge in [0.15, 0.2) is 5.79 Å². The van der Waals surface area contributed by atoms with E-state index in [0.29, 0.717) is 38.0 Å². The molecule has 36 heavy (non-hydrogen) atoms. The highest BCUT2D eigenvalue weighted by molar-refractivity contribution is 6.30. The summed E-state index contributed by atoms with van der Waals surface area (Å²) >= 11 is 6.40. The smallest absolute Gasteiger partial charge is 0.179 e. The Morgan fingerprint density at radius 2 is 1.78 bits per heavy atom. The first-order valence-corrected chi connectivity index (χ1v) is 13.3. The summed E-state index contributed by atoms with van der Waals surface area (Å²) in [6.45, 7) is 2.14. The van der Waals surface area contributed by atoms with Gasteiger partial charge in [-0.25, -0.2) is 0 Å². The van der Waals surface area contributed by atoms with Gasteiger partial charge in [-0.1, -0.05) is 23.7 Å². The van der Waals surface area contributed by atoms with Crippen molar-refractivity contribution in [3.63, 3.8) is 0 Å². The van der Waals surface area contributed by atoms with E-state index in [0.717, 1.165) is 65.9 Å². The van der Waals surface area contributed by atoms with Crippen LogP contribution in [0.25, 0.3) is 5.69 Å². The standard InChI is InChI=1S/C28H33ClN4O3/c1-32(18-19-3-10-24(34-2)11-4-19)23-8-5-20(6-9-23)27-31-30-26-17-28(35-13-14-36-28)16-21-15-22(29)7-12-25(21)33(26)27/h3-4,7,10-12,15,20,23H,5-6,8-9,13-14,16-18H2,1-2H3/t20-,23-. The fraction of sp³-hybridized carbons (Fsp3) is 0.500. The van der Waals surface area contributed by atoms with Crippen LogP contribution in [0.4, 0.5) is 0 Å². The highest BCUT2D eigenvalue weighted by Gasteiger charge is 2.42. The van der Waals surface area contributed by atoms with Crippen molar-refractivity contribution in [1.82, 2.24) is 19.7 Å². The monoisotopic (exact) mass is 508 g/mol. The number of fused-ring (bicyclic) bond motifs is 3. The van der Waals surface area contributed by atoms with Crippen molar-refractivity contribution < 1.29 is 14.2 Å². The number of hydrogen-bond acceptors (Lipinski definition) is 6. The van der Waals surface area contributed by atoms with Crippen LogP contribution in [0.5, 0.6) is 5.75 Å². The van der Waals surface area contributed by atoms with Gasteiger partial charge in [0.1, 0.15) is 17.4 Å². The second-order valence-electron chi connectivity index (χ2n) is 10.3. The molecule has 8 heteroatoms. The van der Waals surface area contributed by atoms with Gasteiger partial charge in [-0.15, -0.1) is 10.2 Å². The highest BCUT2D eigenvalue weighted by atomic mass is 35.5. The minimum absolute atomic E-state index is 0.375. The van der Waals surface area contributed by atoms with Crippen LogP contribution in [0.15, 0.2) is 42.5 Å². The predicted octanol–water partition coefficient (Wildman–Crippen LogP) is 4.93. The third-order valence-corrected chi connectivity index (χ3v) is 8.25. The second-order valence-corrected chi connectivity index (χ2v) is 10.7. The van der Waals surface area contributed by atoms with Crippen LogP contribution in [0.1, 0.15) is 54.4 Å². The molecule has 1 aliphatic carbocycles. The SMILES string of the molecule is COc1ccc(CN(C)[C@H]2CC[C@H](c3nnc4n3-c3ccc(Cl)cc3CC3(C4)OCCO3)CC2)cc1. The molecule has 6 rings (SSSR count). The molecule has 0 atom stereocenters. The molecule has 1 saturated heterocycles. The van der Waals surface area contributed by atoms with Gasteiger partial charge in [-0.3, -0.25) is 9.47 Å². The van der Waals surface area contributed by atoms with Gasteiger partial charge in [0.25, 0.3) is 0 Å². The lowest BCUT2D eigenvalue weighted by atomic mass is 9.84. The molecule has 3 heterocycles. The summed E-state index contributed by atoms with van der Waals surface area (Å²) in [5.74, 6) is 2.56. The molecule has 0 amide bonds. The Balaban J connectivity index is 1.20. The third kappa shape index (κ3) is 4.54. The quantitative estimate of drug-likeness (QED) is 0.487. The van der Waals surface area contributed by atoms with Gasteiger partial charge in [0, 0.05) is 29.9 Å². The number of rotatable bonds is 5. The Bertz CT molecular complexity index is 1210. The van der Waals surface area contributed by atoms with Crippen molar-refractivity contribution in [2.24, 2.45) is 0 Å². The summed E-state index contributed by atoms with van der Waals surface area (Å²) in [4.78, 5) is 2.48. The first kappa shape index (κ1) is 23.9. The molecule has 190 valence electrons. The zero-order valence-corrected chi connectivity index (χ0v) is 21.7. The lowest BCUT2D eigenvalue weighted by Crippen LogP contribution is -2.35. The average molecular weight is 509 g/mol. The molecular formula is C28H33ClN4O3. The number of aromatic nitrogens is 3. The van der Waals surface area contributed by atoms with E-state index in [1.54, 1.807) is 7.11 Å². The maximum atomic E-state index is 6.40. The summed E-state index contributed by atoms with van der Waals surface area (Å²) < 4.78 is 19.8. The molecule has 0 bridgehead atoms. The van der Waals surface area contributed by atoms with E-state index in [2.05, 4.69) is 39.8 Å². The largest absolute Gasteiger partial charge is 0.497 e. The van der Waals surface area contributed by atoms with Crippen LogP contribution in [-0.4, -0.2) is 58.9 Å². The molecule has 3 aliphatic rings. The molecule has 2 fully saturated rings. The molecule has 3 aromatic rings. The van der Waals surface area contributed by atoms with Gasteiger partial charge < -0.3 is 14.2 Å². The molecule has 1 saturated carbocycles. The van der Waals surface area contributed by atoms with Crippen LogP contribution in [0.3, 0.4) is 0 Å². The number of methoxy groups -OCH3 is 1. The van der Waals surface area contributed by atoms with Gasteiger partial charge in [-0.05, 0) is 74.2 Å². The molecule has 0 N–H and O–H groups in total. The topological polar surface area (TPSA) is 61.6 Å². The molecular weight excluding hydrogens is 476 g/mol. The van der Waals surface area contributed by atoms with E-state index in [-0.39, 0.29) is 0 Å². The van der Waals surface area contributed by atoms with Gasteiger partial charge in [0.05, 0.1) is 32.4 Å². The summed E-state index contributed by atoms with van der Waals surface area (Å²) in [6, 6.07) is 15.0. The number of halogens is 1. The molecule has 0 radical (unpaired) electrons. The van der Waals surface area contributed by atoms with Crippen LogP contribution >= 0.6 is 11.6 Å². The van der Waals surface area contributed by atoms with E-state index in [4.69, 9.17) is 30.9 Å². The Labute approximate surface area is 217 Å². The van der Waals surface area contributed by atoms with Crippen molar-refractivity contribution in [2.45, 2.75) is 62.8 Å². The molecule has 1 spiro atoms. The summed E-state index contributed by atoms with van der Waals surface area (Å²) in [6.07, 6.45) is 5.72. The zero-order chi connectivity index (χ0) is 24.7.